The number of aromatic nitrogens is 2. The fraction of sp³-hybridized carbons (Fsp3) is 0.524. The summed E-state index contributed by atoms with van der Waals surface area (Å²) >= 11 is 0. The Morgan fingerprint density at radius 1 is 1.11 bits per heavy atom. The SMILES string of the molecule is CN=C(NCc1ccc(CN(C)C)cc1)N(C)Cc1cn(C)nc1C(C)C.I. The third-order valence-electron chi connectivity index (χ3n) is 4.44. The van der Waals surface area contributed by atoms with E-state index >= 15 is 0 Å². The van der Waals surface area contributed by atoms with Crippen molar-refractivity contribution in [1.29, 1.82) is 0 Å². The number of hydrogen-bond donors (Lipinski definition) is 1. The van der Waals surface area contributed by atoms with Crippen LogP contribution in [-0.2, 0) is 26.7 Å². The van der Waals surface area contributed by atoms with E-state index in [1.165, 1.54) is 16.7 Å². The molecule has 0 aliphatic carbocycles. The van der Waals surface area contributed by atoms with Gasteiger partial charge in [-0.2, -0.15) is 5.10 Å². The lowest BCUT2D eigenvalue weighted by Crippen LogP contribution is -2.38. The zero-order valence-corrected chi connectivity index (χ0v) is 20.6. The quantitative estimate of drug-likeness (QED) is 0.361. The van der Waals surface area contributed by atoms with E-state index in [9.17, 15) is 0 Å². The topological polar surface area (TPSA) is 48.7 Å². The van der Waals surface area contributed by atoms with Crippen LogP contribution in [0.4, 0.5) is 0 Å². The van der Waals surface area contributed by atoms with Gasteiger partial charge in [0, 0.05) is 52.5 Å². The highest BCUT2D eigenvalue weighted by molar-refractivity contribution is 14.0. The van der Waals surface area contributed by atoms with E-state index in [0.29, 0.717) is 5.92 Å². The summed E-state index contributed by atoms with van der Waals surface area (Å²) in [5.74, 6) is 1.29. The molecule has 0 saturated heterocycles. The van der Waals surface area contributed by atoms with Crippen LogP contribution >= 0.6 is 24.0 Å². The van der Waals surface area contributed by atoms with Gasteiger partial charge in [-0.1, -0.05) is 38.1 Å². The molecular formula is C21H35IN6. The molecule has 0 bridgehead atoms. The molecule has 1 aromatic carbocycles. The number of aryl methyl sites for hydroxylation is 1. The Morgan fingerprint density at radius 3 is 2.25 bits per heavy atom. The number of aliphatic imine (C=N–C) groups is 1. The largest absolute Gasteiger partial charge is 0.352 e. The number of nitrogens with one attached hydrogen (secondary N) is 1. The molecule has 0 radical (unpaired) electrons. The Hall–Kier alpha value is -1.61. The summed E-state index contributed by atoms with van der Waals surface area (Å²) in [6, 6.07) is 8.73. The molecule has 0 amide bonds. The summed E-state index contributed by atoms with van der Waals surface area (Å²) in [5, 5.41) is 8.06. The van der Waals surface area contributed by atoms with Crippen LogP contribution in [-0.4, -0.2) is 53.7 Å². The van der Waals surface area contributed by atoms with E-state index in [4.69, 9.17) is 0 Å². The Bertz CT molecular complexity index is 749. The first kappa shape index (κ1) is 24.4. The van der Waals surface area contributed by atoms with Crippen LogP contribution in [0.15, 0.2) is 35.5 Å². The van der Waals surface area contributed by atoms with Crippen molar-refractivity contribution < 1.29 is 0 Å². The van der Waals surface area contributed by atoms with Crippen molar-refractivity contribution in [2.75, 3.05) is 28.2 Å². The van der Waals surface area contributed by atoms with Crippen molar-refractivity contribution in [2.24, 2.45) is 12.0 Å². The predicted molar refractivity (Wildman–Crippen MR) is 128 cm³/mol. The number of hydrogen-bond acceptors (Lipinski definition) is 3. The fourth-order valence-corrected chi connectivity index (χ4v) is 3.19. The van der Waals surface area contributed by atoms with Gasteiger partial charge in [-0.05, 0) is 31.1 Å². The van der Waals surface area contributed by atoms with Crippen LogP contribution in [0, 0.1) is 0 Å². The van der Waals surface area contributed by atoms with Gasteiger partial charge >= 0.3 is 0 Å². The molecular weight excluding hydrogens is 463 g/mol. The molecule has 1 aromatic heterocycles. The minimum atomic E-state index is 0. The Morgan fingerprint density at radius 2 is 1.71 bits per heavy atom. The van der Waals surface area contributed by atoms with Gasteiger partial charge in [0.25, 0.3) is 0 Å². The summed E-state index contributed by atoms with van der Waals surface area (Å²) < 4.78 is 1.89. The van der Waals surface area contributed by atoms with Gasteiger partial charge in [-0.3, -0.25) is 9.67 Å². The molecule has 0 unspecified atom stereocenters. The Labute approximate surface area is 187 Å². The van der Waals surface area contributed by atoms with E-state index in [2.05, 4.69) is 90.7 Å². The lowest BCUT2D eigenvalue weighted by molar-refractivity contribution is 0.402. The first-order valence-corrected chi connectivity index (χ1v) is 9.47. The highest BCUT2D eigenvalue weighted by Crippen LogP contribution is 2.18. The average Bonchev–Trinajstić information content (AvgIpc) is 2.97. The van der Waals surface area contributed by atoms with Gasteiger partial charge in [-0.25, -0.2) is 0 Å². The maximum Gasteiger partial charge on any atom is 0.193 e. The van der Waals surface area contributed by atoms with Gasteiger partial charge in [0.15, 0.2) is 5.96 Å². The van der Waals surface area contributed by atoms with Crippen molar-refractivity contribution in [3.05, 3.63) is 52.8 Å². The minimum Gasteiger partial charge on any atom is -0.352 e. The van der Waals surface area contributed by atoms with Crippen LogP contribution in [0.3, 0.4) is 0 Å². The average molecular weight is 498 g/mol. The molecule has 1 heterocycles. The van der Waals surface area contributed by atoms with Crippen molar-refractivity contribution in [1.82, 2.24) is 24.9 Å². The molecule has 2 aromatic rings. The molecule has 0 saturated carbocycles. The summed E-state index contributed by atoms with van der Waals surface area (Å²) in [7, 11) is 10.0. The third-order valence-corrected chi connectivity index (χ3v) is 4.44. The zero-order valence-electron chi connectivity index (χ0n) is 18.2. The second kappa shape index (κ2) is 11.4. The van der Waals surface area contributed by atoms with Crippen LogP contribution in [0.1, 0.15) is 42.1 Å². The normalized spacial score (nSPS) is 11.7. The first-order chi connectivity index (χ1) is 12.8. The Kier molecular flexibility index (Phi) is 9.95. The van der Waals surface area contributed by atoms with Gasteiger partial charge in [0.1, 0.15) is 0 Å². The zero-order chi connectivity index (χ0) is 20.0. The third kappa shape index (κ3) is 7.09. The van der Waals surface area contributed by atoms with Crippen LogP contribution in [0.25, 0.3) is 0 Å². The maximum atomic E-state index is 4.60. The van der Waals surface area contributed by atoms with E-state index in [1.807, 2.05) is 18.8 Å². The molecule has 0 aliphatic heterocycles. The first-order valence-electron chi connectivity index (χ1n) is 9.47. The molecule has 2 rings (SSSR count). The number of guanidine groups is 1. The molecule has 0 aliphatic rings. The van der Waals surface area contributed by atoms with Crippen molar-refractivity contribution in [3.8, 4) is 0 Å². The molecule has 0 atom stereocenters. The number of benzene rings is 1. The van der Waals surface area contributed by atoms with Gasteiger partial charge in [-0.15, -0.1) is 24.0 Å². The van der Waals surface area contributed by atoms with Crippen molar-refractivity contribution >= 4 is 29.9 Å². The smallest absolute Gasteiger partial charge is 0.193 e. The molecule has 6 nitrogen and oxygen atoms in total. The van der Waals surface area contributed by atoms with Crippen LogP contribution in [0.2, 0.25) is 0 Å². The monoisotopic (exact) mass is 498 g/mol. The van der Waals surface area contributed by atoms with E-state index in [-0.39, 0.29) is 24.0 Å². The highest BCUT2D eigenvalue weighted by Gasteiger charge is 2.15. The molecule has 7 heteroatoms. The van der Waals surface area contributed by atoms with Crippen LogP contribution in [0.5, 0.6) is 0 Å². The van der Waals surface area contributed by atoms with Gasteiger partial charge < -0.3 is 15.1 Å². The standard InChI is InChI=1S/C21H34N6.HI/c1-16(2)20-19(15-27(7)24-20)14-26(6)21(22-3)23-12-17-8-10-18(11-9-17)13-25(4)5;/h8-11,15-16H,12-14H2,1-7H3,(H,22,23);1H. The number of rotatable bonds is 7. The van der Waals surface area contributed by atoms with E-state index < -0.39 is 0 Å². The summed E-state index contributed by atoms with van der Waals surface area (Å²) in [6.07, 6.45) is 2.10. The molecule has 156 valence electrons. The summed E-state index contributed by atoms with van der Waals surface area (Å²) in [4.78, 5) is 8.75. The second-order valence-corrected chi connectivity index (χ2v) is 7.68. The summed E-state index contributed by atoms with van der Waals surface area (Å²) in [5.41, 5.74) is 4.96. The predicted octanol–water partition coefficient (Wildman–Crippen LogP) is 3.43. The molecule has 0 spiro atoms. The van der Waals surface area contributed by atoms with Gasteiger partial charge in [0.05, 0.1) is 5.69 Å². The van der Waals surface area contributed by atoms with E-state index in [0.717, 1.165) is 31.3 Å². The van der Waals surface area contributed by atoms with Crippen molar-refractivity contribution in [2.45, 2.75) is 39.4 Å². The fourth-order valence-electron chi connectivity index (χ4n) is 3.19. The molecule has 0 fully saturated rings. The highest BCUT2D eigenvalue weighted by atomic mass is 127. The second-order valence-electron chi connectivity index (χ2n) is 7.68. The lowest BCUT2D eigenvalue weighted by atomic mass is 10.1. The van der Waals surface area contributed by atoms with Crippen LogP contribution < -0.4 is 5.32 Å². The molecule has 1 N–H and O–H groups in total. The van der Waals surface area contributed by atoms with Gasteiger partial charge in [0.2, 0.25) is 0 Å². The maximum absolute atomic E-state index is 4.60. The summed E-state index contributed by atoms with van der Waals surface area (Å²) in [6.45, 7) is 6.85. The van der Waals surface area contributed by atoms with Crippen molar-refractivity contribution in [3.63, 3.8) is 0 Å². The number of nitrogens with zero attached hydrogens (tertiary/aromatic N) is 5. The van der Waals surface area contributed by atoms with E-state index in [1.54, 1.807) is 0 Å². The Balaban J connectivity index is 0.00000392. The molecule has 28 heavy (non-hydrogen) atoms. The minimum absolute atomic E-state index is 0. The number of halogens is 1. The lowest BCUT2D eigenvalue weighted by Gasteiger charge is -2.22.